The van der Waals surface area contributed by atoms with Crippen LogP contribution in [0.25, 0.3) is 0 Å². The molecule has 1 fully saturated rings. The predicted molar refractivity (Wildman–Crippen MR) is 69.3 cm³/mol. The number of carboxylic acids is 1. The van der Waals surface area contributed by atoms with Crippen molar-refractivity contribution in [1.29, 1.82) is 0 Å². The number of halogens is 1. The summed E-state index contributed by atoms with van der Waals surface area (Å²) in [7, 11) is 1.57. The minimum absolute atomic E-state index is 0.00849. The highest BCUT2D eigenvalue weighted by Crippen LogP contribution is 2.21. The molecule has 1 N–H and O–H groups in total. The number of nitrogens with zero attached hydrogens (tertiary/aromatic N) is 1. The van der Waals surface area contributed by atoms with Gasteiger partial charge in [-0.3, -0.25) is 4.79 Å². The molecule has 6 heteroatoms. The maximum absolute atomic E-state index is 13.3. The van der Waals surface area contributed by atoms with E-state index in [1.54, 1.807) is 12.0 Å². The largest absolute Gasteiger partial charge is 0.478 e. The van der Waals surface area contributed by atoms with Crippen LogP contribution in [0.3, 0.4) is 0 Å². The Morgan fingerprint density at radius 2 is 2.25 bits per heavy atom. The highest BCUT2D eigenvalue weighted by molar-refractivity contribution is 5.97. The van der Waals surface area contributed by atoms with Gasteiger partial charge in [-0.05, 0) is 31.0 Å². The average Bonchev–Trinajstić information content (AvgIpc) is 2.87. The molecule has 1 heterocycles. The minimum Gasteiger partial charge on any atom is -0.478 e. The Bertz CT molecular complexity index is 532. The number of aromatic carboxylic acids is 1. The highest BCUT2D eigenvalue weighted by atomic mass is 19.1. The summed E-state index contributed by atoms with van der Waals surface area (Å²) in [6.45, 7) is 1.05. The summed E-state index contributed by atoms with van der Waals surface area (Å²) < 4.78 is 18.4. The topological polar surface area (TPSA) is 66.8 Å². The molecule has 5 nitrogen and oxygen atoms in total. The summed E-state index contributed by atoms with van der Waals surface area (Å²) in [6.07, 6.45) is 1.74. The molecule has 1 saturated heterocycles. The number of ether oxygens (including phenoxy) is 1. The zero-order valence-corrected chi connectivity index (χ0v) is 11.1. The van der Waals surface area contributed by atoms with Gasteiger partial charge in [0.1, 0.15) is 5.82 Å². The molecule has 1 unspecified atom stereocenters. The zero-order valence-electron chi connectivity index (χ0n) is 11.1. The van der Waals surface area contributed by atoms with Crippen LogP contribution in [0.5, 0.6) is 0 Å². The highest BCUT2D eigenvalue weighted by Gasteiger charge is 2.29. The lowest BCUT2D eigenvalue weighted by atomic mass is 10.1. The van der Waals surface area contributed by atoms with E-state index >= 15 is 0 Å². The monoisotopic (exact) mass is 281 g/mol. The molecule has 20 heavy (non-hydrogen) atoms. The number of carboxylic acid groups (broad SMARTS) is 1. The van der Waals surface area contributed by atoms with Crippen molar-refractivity contribution in [3.63, 3.8) is 0 Å². The summed E-state index contributed by atoms with van der Waals surface area (Å²) in [5.41, 5.74) is -0.301. The van der Waals surface area contributed by atoms with Gasteiger partial charge in [-0.2, -0.15) is 0 Å². The summed E-state index contributed by atoms with van der Waals surface area (Å²) in [5.74, 6) is -2.51. The third-order valence-electron chi connectivity index (χ3n) is 3.44. The Morgan fingerprint density at radius 1 is 1.50 bits per heavy atom. The molecule has 1 aliphatic rings. The Kier molecular flexibility index (Phi) is 4.34. The van der Waals surface area contributed by atoms with E-state index in [1.807, 2.05) is 0 Å². The van der Waals surface area contributed by atoms with Crippen molar-refractivity contribution < 1.29 is 23.8 Å². The van der Waals surface area contributed by atoms with Crippen molar-refractivity contribution in [2.45, 2.75) is 18.9 Å². The normalized spacial score (nSPS) is 18.3. The molecule has 1 amide bonds. The number of amides is 1. The molecular formula is C14H16FNO4. The van der Waals surface area contributed by atoms with Crippen molar-refractivity contribution >= 4 is 11.9 Å². The second-order valence-corrected chi connectivity index (χ2v) is 4.75. The summed E-state index contributed by atoms with van der Waals surface area (Å²) >= 11 is 0. The van der Waals surface area contributed by atoms with E-state index in [9.17, 15) is 14.0 Å². The quantitative estimate of drug-likeness (QED) is 0.913. The van der Waals surface area contributed by atoms with E-state index in [-0.39, 0.29) is 17.5 Å². The smallest absolute Gasteiger partial charge is 0.338 e. The van der Waals surface area contributed by atoms with Gasteiger partial charge in [0.25, 0.3) is 5.91 Å². The number of carbonyl (C=O) groups is 2. The molecule has 108 valence electrons. The third kappa shape index (κ3) is 2.80. The lowest BCUT2D eigenvalue weighted by Crippen LogP contribution is -2.38. The standard InChI is InChI=1S/C14H16FNO4/c1-20-8-10-3-2-6-16(10)13(17)9-4-5-12(15)11(7-9)14(18)19/h4-5,7,10H,2-3,6,8H2,1H3,(H,18,19). The summed E-state index contributed by atoms with van der Waals surface area (Å²) in [4.78, 5) is 24.9. The first-order valence-corrected chi connectivity index (χ1v) is 6.37. The van der Waals surface area contributed by atoms with Crippen LogP contribution in [0, 0.1) is 5.82 Å². The van der Waals surface area contributed by atoms with Crippen LogP contribution in [0.1, 0.15) is 33.6 Å². The average molecular weight is 281 g/mol. The Labute approximate surface area is 116 Å². The first kappa shape index (κ1) is 14.5. The molecular weight excluding hydrogens is 265 g/mol. The van der Waals surface area contributed by atoms with Crippen LogP contribution in [-0.2, 0) is 4.74 Å². The van der Waals surface area contributed by atoms with Crippen molar-refractivity contribution in [2.24, 2.45) is 0 Å². The number of carbonyl (C=O) groups excluding carboxylic acids is 1. The van der Waals surface area contributed by atoms with Crippen LogP contribution >= 0.6 is 0 Å². The fourth-order valence-corrected chi connectivity index (χ4v) is 2.46. The molecule has 0 aliphatic carbocycles. The molecule has 0 spiro atoms. The first-order valence-electron chi connectivity index (χ1n) is 6.37. The number of methoxy groups -OCH3 is 1. The molecule has 0 saturated carbocycles. The number of likely N-dealkylation sites (tertiary alicyclic amines) is 1. The summed E-state index contributed by atoms with van der Waals surface area (Å²) in [6, 6.07) is 3.40. The van der Waals surface area contributed by atoms with Gasteiger partial charge in [-0.1, -0.05) is 0 Å². The first-order chi connectivity index (χ1) is 9.54. The second-order valence-electron chi connectivity index (χ2n) is 4.75. The second kappa shape index (κ2) is 6.00. The van der Waals surface area contributed by atoms with Gasteiger partial charge < -0.3 is 14.7 Å². The number of hydrogen-bond acceptors (Lipinski definition) is 3. The van der Waals surface area contributed by atoms with Crippen molar-refractivity contribution in [3.05, 3.63) is 35.1 Å². The Morgan fingerprint density at radius 3 is 2.90 bits per heavy atom. The van der Waals surface area contributed by atoms with Gasteiger partial charge in [-0.25, -0.2) is 9.18 Å². The van der Waals surface area contributed by atoms with Crippen LogP contribution in [0.2, 0.25) is 0 Å². The van der Waals surface area contributed by atoms with Crippen molar-refractivity contribution in [1.82, 2.24) is 4.90 Å². The van der Waals surface area contributed by atoms with E-state index in [0.29, 0.717) is 13.2 Å². The zero-order chi connectivity index (χ0) is 14.7. The molecule has 1 aromatic rings. The molecule has 1 aromatic carbocycles. The lowest BCUT2D eigenvalue weighted by Gasteiger charge is -2.24. The fourth-order valence-electron chi connectivity index (χ4n) is 2.46. The molecule has 1 atom stereocenters. The van der Waals surface area contributed by atoms with E-state index in [2.05, 4.69) is 0 Å². The molecule has 0 bridgehead atoms. The van der Waals surface area contributed by atoms with E-state index in [1.165, 1.54) is 6.07 Å². The maximum Gasteiger partial charge on any atom is 0.338 e. The van der Waals surface area contributed by atoms with Gasteiger partial charge in [0.05, 0.1) is 18.2 Å². The maximum atomic E-state index is 13.3. The van der Waals surface area contributed by atoms with Crippen LogP contribution in [-0.4, -0.2) is 48.2 Å². The van der Waals surface area contributed by atoms with Crippen LogP contribution < -0.4 is 0 Å². The number of rotatable bonds is 4. The van der Waals surface area contributed by atoms with Gasteiger partial charge in [0.2, 0.25) is 0 Å². The van der Waals surface area contributed by atoms with Gasteiger partial charge in [0, 0.05) is 19.2 Å². The Hall–Kier alpha value is -1.95. The van der Waals surface area contributed by atoms with Crippen LogP contribution in [0.15, 0.2) is 18.2 Å². The van der Waals surface area contributed by atoms with Gasteiger partial charge >= 0.3 is 5.97 Å². The summed E-state index contributed by atoms with van der Waals surface area (Å²) in [5, 5.41) is 8.89. The molecule has 0 aromatic heterocycles. The van der Waals surface area contributed by atoms with E-state index < -0.39 is 17.3 Å². The fraction of sp³-hybridized carbons (Fsp3) is 0.429. The lowest BCUT2D eigenvalue weighted by molar-refractivity contribution is 0.0630. The van der Waals surface area contributed by atoms with Gasteiger partial charge in [-0.15, -0.1) is 0 Å². The van der Waals surface area contributed by atoms with Crippen molar-refractivity contribution in [3.8, 4) is 0 Å². The Balaban J connectivity index is 2.25. The molecule has 1 aliphatic heterocycles. The SMILES string of the molecule is COCC1CCCN1C(=O)c1ccc(F)c(C(=O)O)c1. The van der Waals surface area contributed by atoms with Crippen LogP contribution in [0.4, 0.5) is 4.39 Å². The third-order valence-corrected chi connectivity index (χ3v) is 3.44. The number of hydrogen-bond donors (Lipinski definition) is 1. The van der Waals surface area contributed by atoms with E-state index in [0.717, 1.165) is 25.0 Å². The van der Waals surface area contributed by atoms with E-state index in [4.69, 9.17) is 9.84 Å². The predicted octanol–water partition coefficient (Wildman–Crippen LogP) is 1.77. The minimum atomic E-state index is -1.38. The number of benzene rings is 1. The molecule has 2 rings (SSSR count). The van der Waals surface area contributed by atoms with Gasteiger partial charge in [0.15, 0.2) is 0 Å². The molecule has 0 radical (unpaired) electrons. The van der Waals surface area contributed by atoms with Crippen molar-refractivity contribution in [2.75, 3.05) is 20.3 Å².